The van der Waals surface area contributed by atoms with E-state index in [0.717, 1.165) is 17.5 Å². The van der Waals surface area contributed by atoms with Gasteiger partial charge in [-0.15, -0.1) is 0 Å². The highest BCUT2D eigenvalue weighted by molar-refractivity contribution is 6.10. The van der Waals surface area contributed by atoms with Gasteiger partial charge in [-0.1, -0.05) is 43.7 Å². The molecule has 0 spiro atoms. The van der Waals surface area contributed by atoms with Gasteiger partial charge in [0.05, 0.1) is 30.7 Å². The Morgan fingerprint density at radius 1 is 0.972 bits per heavy atom. The summed E-state index contributed by atoms with van der Waals surface area (Å²) in [6, 6.07) is 19.6. The number of fused-ring (bicyclic) bond motifs is 2. The van der Waals surface area contributed by atoms with Crippen LogP contribution in [0.4, 0.5) is 5.69 Å². The minimum absolute atomic E-state index is 0.0651. The summed E-state index contributed by atoms with van der Waals surface area (Å²) < 4.78 is 17.5. The Hall–Kier alpha value is -4.06. The summed E-state index contributed by atoms with van der Waals surface area (Å²) in [6.07, 6.45) is 0.930. The number of carbonyl (C=O) groups excluding carboxylic acids is 1. The molecule has 1 aliphatic rings. The smallest absolute Gasteiger partial charge is 0.295 e. The van der Waals surface area contributed by atoms with Gasteiger partial charge >= 0.3 is 0 Å². The van der Waals surface area contributed by atoms with E-state index >= 15 is 0 Å². The van der Waals surface area contributed by atoms with E-state index in [9.17, 15) is 9.59 Å². The van der Waals surface area contributed by atoms with Crippen molar-refractivity contribution in [3.05, 3.63) is 99.4 Å². The lowest BCUT2D eigenvalue weighted by Gasteiger charge is -2.26. The molecule has 0 N–H and O–H groups in total. The maximum absolute atomic E-state index is 13.8. The van der Waals surface area contributed by atoms with Crippen molar-refractivity contribution in [2.24, 2.45) is 5.92 Å². The molecular weight excluding hydrogens is 454 g/mol. The quantitative estimate of drug-likeness (QED) is 0.309. The van der Waals surface area contributed by atoms with Crippen molar-refractivity contribution < 1.29 is 18.7 Å². The van der Waals surface area contributed by atoms with E-state index in [1.165, 1.54) is 0 Å². The molecular formula is C30H29NO5. The summed E-state index contributed by atoms with van der Waals surface area (Å²) in [5, 5.41) is 0.461. The molecule has 3 aromatic carbocycles. The van der Waals surface area contributed by atoms with E-state index in [1.54, 1.807) is 24.1 Å². The van der Waals surface area contributed by atoms with E-state index in [2.05, 4.69) is 13.8 Å². The molecule has 5 rings (SSSR count). The van der Waals surface area contributed by atoms with Crippen LogP contribution in [0.15, 0.2) is 75.9 Å². The number of hydrogen-bond donors (Lipinski definition) is 0. The van der Waals surface area contributed by atoms with Gasteiger partial charge in [0.25, 0.3) is 5.91 Å². The van der Waals surface area contributed by atoms with Crippen molar-refractivity contribution in [2.45, 2.75) is 33.2 Å². The number of aryl methyl sites for hydroxylation is 1. The van der Waals surface area contributed by atoms with E-state index in [0.29, 0.717) is 46.2 Å². The van der Waals surface area contributed by atoms with Crippen molar-refractivity contribution in [1.29, 1.82) is 0 Å². The SMILES string of the molecule is COc1cccc(N2C(=O)c3oc4ccc(C)cc4c(=O)c3C2c2cccc(OCCC(C)C)c2)c1. The largest absolute Gasteiger partial charge is 0.497 e. The molecule has 1 aromatic heterocycles. The third-order valence-corrected chi connectivity index (χ3v) is 6.49. The third-order valence-electron chi connectivity index (χ3n) is 6.49. The molecule has 6 nitrogen and oxygen atoms in total. The molecule has 36 heavy (non-hydrogen) atoms. The lowest BCUT2D eigenvalue weighted by molar-refractivity contribution is 0.0971. The Bertz CT molecular complexity index is 1500. The van der Waals surface area contributed by atoms with Crippen molar-refractivity contribution in [2.75, 3.05) is 18.6 Å². The van der Waals surface area contributed by atoms with Crippen LogP contribution in [0.2, 0.25) is 0 Å². The van der Waals surface area contributed by atoms with Crippen molar-refractivity contribution in [3.63, 3.8) is 0 Å². The summed E-state index contributed by atoms with van der Waals surface area (Å²) in [5.74, 6) is 1.53. The van der Waals surface area contributed by atoms with Gasteiger partial charge in [-0.05, 0) is 61.2 Å². The molecule has 2 heterocycles. The molecule has 0 saturated carbocycles. The Balaban J connectivity index is 1.69. The number of hydrogen-bond acceptors (Lipinski definition) is 5. The summed E-state index contributed by atoms with van der Waals surface area (Å²) in [6.45, 7) is 6.82. The molecule has 184 valence electrons. The summed E-state index contributed by atoms with van der Waals surface area (Å²) in [7, 11) is 1.58. The third kappa shape index (κ3) is 4.24. The number of ether oxygens (including phenoxy) is 2. The van der Waals surface area contributed by atoms with Crippen LogP contribution in [0.5, 0.6) is 11.5 Å². The lowest BCUT2D eigenvalue weighted by atomic mass is 9.97. The van der Waals surface area contributed by atoms with Crippen LogP contribution in [-0.2, 0) is 0 Å². The average Bonchev–Trinajstić information content (AvgIpc) is 3.17. The molecule has 0 bridgehead atoms. The van der Waals surface area contributed by atoms with E-state index in [4.69, 9.17) is 13.9 Å². The second kappa shape index (κ2) is 9.53. The highest BCUT2D eigenvalue weighted by Gasteiger charge is 2.43. The summed E-state index contributed by atoms with van der Waals surface area (Å²) >= 11 is 0. The van der Waals surface area contributed by atoms with E-state index in [-0.39, 0.29) is 17.1 Å². The first kappa shape index (κ1) is 23.7. The van der Waals surface area contributed by atoms with Crippen LogP contribution < -0.4 is 19.8 Å². The van der Waals surface area contributed by atoms with Crippen molar-refractivity contribution >= 4 is 22.6 Å². The first-order valence-corrected chi connectivity index (χ1v) is 12.1. The van der Waals surface area contributed by atoms with Crippen molar-refractivity contribution in [1.82, 2.24) is 0 Å². The van der Waals surface area contributed by atoms with Gasteiger partial charge < -0.3 is 13.9 Å². The normalized spacial score (nSPS) is 15.0. The zero-order valence-corrected chi connectivity index (χ0v) is 20.9. The topological polar surface area (TPSA) is 69.0 Å². The van der Waals surface area contributed by atoms with Crippen LogP contribution in [-0.4, -0.2) is 19.6 Å². The monoisotopic (exact) mass is 483 g/mol. The van der Waals surface area contributed by atoms with Gasteiger partial charge in [0.1, 0.15) is 17.1 Å². The van der Waals surface area contributed by atoms with Gasteiger partial charge in [0.15, 0.2) is 5.43 Å². The van der Waals surface area contributed by atoms with E-state index < -0.39 is 6.04 Å². The second-order valence-electron chi connectivity index (χ2n) is 9.56. The van der Waals surface area contributed by atoms with Gasteiger partial charge in [0.2, 0.25) is 5.76 Å². The summed E-state index contributed by atoms with van der Waals surface area (Å²) in [4.78, 5) is 29.2. The molecule has 6 heteroatoms. The van der Waals surface area contributed by atoms with E-state index in [1.807, 2.05) is 61.5 Å². The molecule has 1 aliphatic heterocycles. The summed E-state index contributed by atoms with van der Waals surface area (Å²) in [5.41, 5.74) is 2.85. The number of methoxy groups -OCH3 is 1. The average molecular weight is 484 g/mol. The van der Waals surface area contributed by atoms with Crippen LogP contribution in [0.25, 0.3) is 11.0 Å². The Morgan fingerprint density at radius 3 is 2.53 bits per heavy atom. The maximum atomic E-state index is 13.8. The zero-order valence-electron chi connectivity index (χ0n) is 20.9. The highest BCUT2D eigenvalue weighted by Crippen LogP contribution is 2.42. The van der Waals surface area contributed by atoms with Crippen LogP contribution in [0.1, 0.15) is 53.6 Å². The zero-order chi connectivity index (χ0) is 25.4. The molecule has 0 radical (unpaired) electrons. The Labute approximate surface area is 210 Å². The number of carbonyl (C=O) groups is 1. The standard InChI is InChI=1S/C30H29NO5/c1-18(2)13-14-35-23-10-5-7-20(16-23)27-26-28(32)24-15-19(3)11-12-25(24)36-29(26)30(33)31(27)21-8-6-9-22(17-21)34-4/h5-12,15-18,27H,13-14H2,1-4H3. The molecule has 0 saturated heterocycles. The molecule has 1 amide bonds. The molecule has 1 atom stereocenters. The van der Waals surface area contributed by atoms with Gasteiger partial charge in [-0.3, -0.25) is 14.5 Å². The number of anilines is 1. The highest BCUT2D eigenvalue weighted by atomic mass is 16.5. The minimum atomic E-state index is -0.672. The molecule has 1 unspecified atom stereocenters. The second-order valence-corrected chi connectivity index (χ2v) is 9.56. The maximum Gasteiger partial charge on any atom is 0.295 e. The number of nitrogens with zero attached hydrogens (tertiary/aromatic N) is 1. The van der Waals surface area contributed by atoms with Crippen LogP contribution >= 0.6 is 0 Å². The molecule has 0 fully saturated rings. The fourth-order valence-corrected chi connectivity index (χ4v) is 4.62. The predicted octanol–water partition coefficient (Wildman–Crippen LogP) is 6.28. The van der Waals surface area contributed by atoms with Crippen LogP contribution in [0.3, 0.4) is 0 Å². The lowest BCUT2D eigenvalue weighted by Crippen LogP contribution is -2.29. The number of rotatable bonds is 7. The van der Waals surface area contributed by atoms with Gasteiger partial charge in [-0.25, -0.2) is 0 Å². The molecule has 0 aliphatic carbocycles. The van der Waals surface area contributed by atoms with Gasteiger partial charge in [-0.2, -0.15) is 0 Å². The van der Waals surface area contributed by atoms with Crippen LogP contribution in [0, 0.1) is 12.8 Å². The fraction of sp³-hybridized carbons (Fsp3) is 0.267. The minimum Gasteiger partial charge on any atom is -0.497 e. The first-order valence-electron chi connectivity index (χ1n) is 12.1. The Kier molecular flexibility index (Phi) is 6.27. The Morgan fingerprint density at radius 2 is 1.75 bits per heavy atom. The van der Waals surface area contributed by atoms with Gasteiger partial charge in [0, 0.05) is 11.8 Å². The number of benzene rings is 3. The van der Waals surface area contributed by atoms with Crippen molar-refractivity contribution in [3.8, 4) is 11.5 Å². The number of amides is 1. The first-order chi connectivity index (χ1) is 17.4. The fourth-order valence-electron chi connectivity index (χ4n) is 4.62. The predicted molar refractivity (Wildman–Crippen MR) is 140 cm³/mol. The molecule has 4 aromatic rings.